The summed E-state index contributed by atoms with van der Waals surface area (Å²) in [5, 5.41) is 10.7. The summed E-state index contributed by atoms with van der Waals surface area (Å²) in [7, 11) is 1.91. The predicted octanol–water partition coefficient (Wildman–Crippen LogP) is 3.13. The standard InChI is InChI=1S/C17H23NO2S/c1-13-6-5-8-15(12-13)18(2)17(20)16-14(9-11-21-16)7-3-4-10-19/h9,11,13,15,19H,4-6,8,10,12H2,1-2H3. The fourth-order valence-electron chi connectivity index (χ4n) is 2.87. The Morgan fingerprint density at radius 1 is 1.52 bits per heavy atom. The highest BCUT2D eigenvalue weighted by atomic mass is 32.1. The maximum atomic E-state index is 12.7. The molecule has 1 aliphatic carbocycles. The Morgan fingerprint density at radius 3 is 3.05 bits per heavy atom. The van der Waals surface area contributed by atoms with Crippen molar-refractivity contribution in [3.63, 3.8) is 0 Å². The summed E-state index contributed by atoms with van der Waals surface area (Å²) in [6.45, 7) is 2.32. The lowest BCUT2D eigenvalue weighted by Gasteiger charge is -2.34. The highest BCUT2D eigenvalue weighted by molar-refractivity contribution is 7.12. The van der Waals surface area contributed by atoms with Gasteiger partial charge in [0.15, 0.2) is 0 Å². The minimum Gasteiger partial charge on any atom is -0.395 e. The lowest BCUT2D eigenvalue weighted by molar-refractivity contribution is 0.0677. The molecule has 1 aromatic heterocycles. The minimum absolute atomic E-state index is 0.0558. The van der Waals surface area contributed by atoms with Crippen LogP contribution in [-0.4, -0.2) is 35.6 Å². The van der Waals surface area contributed by atoms with Crippen LogP contribution in [0.5, 0.6) is 0 Å². The van der Waals surface area contributed by atoms with Gasteiger partial charge in [-0.15, -0.1) is 11.3 Å². The zero-order valence-corrected chi connectivity index (χ0v) is 13.6. The van der Waals surface area contributed by atoms with Crippen LogP contribution in [0.1, 0.15) is 54.3 Å². The van der Waals surface area contributed by atoms with Crippen LogP contribution in [0.4, 0.5) is 0 Å². The van der Waals surface area contributed by atoms with Crippen LogP contribution in [0.3, 0.4) is 0 Å². The minimum atomic E-state index is 0.0558. The second-order valence-corrected chi connectivity index (χ2v) is 6.70. The quantitative estimate of drug-likeness (QED) is 0.872. The molecule has 114 valence electrons. The van der Waals surface area contributed by atoms with E-state index in [4.69, 9.17) is 5.11 Å². The zero-order valence-electron chi connectivity index (χ0n) is 12.8. The Hall–Kier alpha value is -1.31. The van der Waals surface area contributed by atoms with Crippen molar-refractivity contribution in [3.05, 3.63) is 21.9 Å². The van der Waals surface area contributed by atoms with Gasteiger partial charge >= 0.3 is 0 Å². The number of aliphatic hydroxyl groups is 1. The van der Waals surface area contributed by atoms with Gasteiger partial charge in [0.05, 0.1) is 6.61 Å². The number of amides is 1. The number of aliphatic hydroxyl groups excluding tert-OH is 1. The summed E-state index contributed by atoms with van der Waals surface area (Å²) < 4.78 is 0. The first-order chi connectivity index (χ1) is 10.1. The topological polar surface area (TPSA) is 40.5 Å². The third-order valence-corrected chi connectivity index (χ3v) is 5.00. The molecule has 0 aromatic carbocycles. The number of carbonyl (C=O) groups excluding carboxylic acids is 1. The summed E-state index contributed by atoms with van der Waals surface area (Å²) in [5.41, 5.74) is 0.786. The zero-order chi connectivity index (χ0) is 15.2. The van der Waals surface area contributed by atoms with Gasteiger partial charge < -0.3 is 10.0 Å². The summed E-state index contributed by atoms with van der Waals surface area (Å²) in [6.07, 6.45) is 5.12. The van der Waals surface area contributed by atoms with Crippen molar-refractivity contribution in [3.8, 4) is 11.8 Å². The van der Waals surface area contributed by atoms with Crippen LogP contribution in [0, 0.1) is 17.8 Å². The Morgan fingerprint density at radius 2 is 2.33 bits per heavy atom. The summed E-state index contributed by atoms with van der Waals surface area (Å²) in [6, 6.07) is 2.24. The average Bonchev–Trinajstić information content (AvgIpc) is 2.94. The summed E-state index contributed by atoms with van der Waals surface area (Å²) >= 11 is 1.45. The highest BCUT2D eigenvalue weighted by Gasteiger charge is 2.27. The molecular weight excluding hydrogens is 282 g/mol. The van der Waals surface area contributed by atoms with Crippen molar-refractivity contribution < 1.29 is 9.90 Å². The molecule has 21 heavy (non-hydrogen) atoms. The molecule has 0 saturated heterocycles. The fraction of sp³-hybridized carbons (Fsp3) is 0.588. The first-order valence-electron chi connectivity index (χ1n) is 7.58. The van der Waals surface area contributed by atoms with E-state index < -0.39 is 0 Å². The van der Waals surface area contributed by atoms with E-state index in [9.17, 15) is 4.79 Å². The molecule has 0 bridgehead atoms. The second kappa shape index (κ2) is 7.63. The van der Waals surface area contributed by atoms with Crippen LogP contribution in [0.15, 0.2) is 11.4 Å². The Kier molecular flexibility index (Phi) is 5.84. The van der Waals surface area contributed by atoms with Crippen LogP contribution in [-0.2, 0) is 0 Å². The molecule has 1 amide bonds. The molecule has 1 aromatic rings. The van der Waals surface area contributed by atoms with Gasteiger partial charge in [-0.3, -0.25) is 4.79 Å². The number of carbonyl (C=O) groups is 1. The molecule has 2 atom stereocenters. The summed E-state index contributed by atoms with van der Waals surface area (Å²) in [5.74, 6) is 6.67. The molecule has 1 saturated carbocycles. The molecule has 1 N–H and O–H groups in total. The first-order valence-corrected chi connectivity index (χ1v) is 8.45. The van der Waals surface area contributed by atoms with Crippen molar-refractivity contribution in [2.75, 3.05) is 13.7 Å². The van der Waals surface area contributed by atoms with Gasteiger partial charge in [0.1, 0.15) is 4.88 Å². The van der Waals surface area contributed by atoms with Crippen molar-refractivity contribution in [1.82, 2.24) is 4.90 Å². The molecule has 1 fully saturated rings. The summed E-state index contributed by atoms with van der Waals surface area (Å²) in [4.78, 5) is 15.3. The number of thiophene rings is 1. The Labute approximate surface area is 131 Å². The van der Waals surface area contributed by atoms with Gasteiger partial charge in [0, 0.05) is 25.1 Å². The molecule has 2 unspecified atom stereocenters. The van der Waals surface area contributed by atoms with E-state index in [0.717, 1.165) is 23.3 Å². The lowest BCUT2D eigenvalue weighted by atomic mass is 9.86. The van der Waals surface area contributed by atoms with Crippen molar-refractivity contribution in [1.29, 1.82) is 0 Å². The molecule has 0 spiro atoms. The average molecular weight is 305 g/mol. The Balaban J connectivity index is 2.09. The molecule has 4 heteroatoms. The van der Waals surface area contributed by atoms with E-state index in [-0.39, 0.29) is 12.5 Å². The fourth-order valence-corrected chi connectivity index (χ4v) is 3.70. The van der Waals surface area contributed by atoms with Crippen LogP contribution >= 0.6 is 11.3 Å². The highest BCUT2D eigenvalue weighted by Crippen LogP contribution is 2.28. The van der Waals surface area contributed by atoms with Gasteiger partial charge in [-0.05, 0) is 30.2 Å². The van der Waals surface area contributed by atoms with Crippen LogP contribution in [0.25, 0.3) is 0 Å². The molecule has 3 nitrogen and oxygen atoms in total. The monoisotopic (exact) mass is 305 g/mol. The van der Waals surface area contributed by atoms with E-state index in [1.165, 1.54) is 24.2 Å². The third-order valence-electron chi connectivity index (χ3n) is 4.10. The second-order valence-electron chi connectivity index (χ2n) is 5.78. The van der Waals surface area contributed by atoms with Gasteiger partial charge in [-0.1, -0.05) is 31.6 Å². The van der Waals surface area contributed by atoms with Crippen molar-refractivity contribution in [2.24, 2.45) is 5.92 Å². The lowest BCUT2D eigenvalue weighted by Crippen LogP contribution is -2.39. The molecule has 1 heterocycles. The third kappa shape index (κ3) is 4.09. The maximum Gasteiger partial charge on any atom is 0.265 e. The number of hydrogen-bond donors (Lipinski definition) is 1. The molecule has 1 aliphatic rings. The van der Waals surface area contributed by atoms with E-state index in [1.807, 2.05) is 23.4 Å². The number of hydrogen-bond acceptors (Lipinski definition) is 3. The van der Waals surface area contributed by atoms with E-state index in [0.29, 0.717) is 18.4 Å². The SMILES string of the molecule is CC1CCCC(N(C)C(=O)c2sccc2C#CCCO)C1. The van der Waals surface area contributed by atoms with E-state index >= 15 is 0 Å². The van der Waals surface area contributed by atoms with Crippen LogP contribution in [0.2, 0.25) is 0 Å². The first kappa shape index (κ1) is 16.1. The molecule has 0 radical (unpaired) electrons. The van der Waals surface area contributed by atoms with Gasteiger partial charge in [0.25, 0.3) is 5.91 Å². The van der Waals surface area contributed by atoms with E-state index in [1.54, 1.807) is 0 Å². The molecule has 0 aliphatic heterocycles. The number of nitrogens with zero attached hydrogens (tertiary/aromatic N) is 1. The largest absolute Gasteiger partial charge is 0.395 e. The molecular formula is C17H23NO2S. The van der Waals surface area contributed by atoms with Gasteiger partial charge in [-0.25, -0.2) is 0 Å². The maximum absolute atomic E-state index is 12.7. The predicted molar refractivity (Wildman–Crippen MR) is 86.4 cm³/mol. The van der Waals surface area contributed by atoms with E-state index in [2.05, 4.69) is 18.8 Å². The van der Waals surface area contributed by atoms with Crippen molar-refractivity contribution in [2.45, 2.75) is 45.1 Å². The van der Waals surface area contributed by atoms with Crippen molar-refractivity contribution >= 4 is 17.2 Å². The normalized spacial score (nSPS) is 21.5. The van der Waals surface area contributed by atoms with Crippen LogP contribution < -0.4 is 0 Å². The smallest absolute Gasteiger partial charge is 0.265 e. The van der Waals surface area contributed by atoms with Gasteiger partial charge in [-0.2, -0.15) is 0 Å². The van der Waals surface area contributed by atoms with Gasteiger partial charge in [0.2, 0.25) is 0 Å². The Bertz CT molecular complexity index is 540. The molecule has 2 rings (SSSR count). The number of rotatable bonds is 3.